The molecule has 2 unspecified atom stereocenters. The normalized spacial score (nSPS) is 13.0. The van der Waals surface area contributed by atoms with E-state index >= 15 is 0 Å². The van der Waals surface area contributed by atoms with Gasteiger partial charge in [0.05, 0.1) is 6.61 Å². The number of carbonyl (C=O) groups excluding carboxylic acids is 3. The molecule has 2 atom stereocenters. The topological polar surface area (TPSA) is 198 Å². The van der Waals surface area contributed by atoms with Gasteiger partial charge in [0.2, 0.25) is 5.91 Å². The number of carboxylic acid groups (broad SMARTS) is 2. The maximum atomic E-state index is 12.4. The number of carbonyl (C=O) groups is 5. The van der Waals surface area contributed by atoms with Crippen molar-refractivity contribution < 1.29 is 43.8 Å². The molecule has 0 aliphatic heterocycles. The van der Waals surface area contributed by atoms with Crippen LogP contribution in [0.4, 0.5) is 4.79 Å². The van der Waals surface area contributed by atoms with Crippen LogP contribution < -0.4 is 11.1 Å². The van der Waals surface area contributed by atoms with E-state index in [1.807, 2.05) is 0 Å². The number of nitrogens with two attached hydrogens (primary N) is 1. The van der Waals surface area contributed by atoms with Crippen molar-refractivity contribution >= 4 is 47.3 Å². The minimum absolute atomic E-state index is 0.0347. The van der Waals surface area contributed by atoms with Crippen LogP contribution in [0.1, 0.15) is 19.8 Å². The van der Waals surface area contributed by atoms with E-state index < -0.39 is 41.9 Å². The Labute approximate surface area is 176 Å². The molecule has 30 heavy (non-hydrogen) atoms. The van der Waals surface area contributed by atoms with E-state index in [0.29, 0.717) is 4.90 Å². The van der Waals surface area contributed by atoms with Crippen LogP contribution >= 0.6 is 11.8 Å². The molecule has 3 amide bonds. The van der Waals surface area contributed by atoms with Crippen LogP contribution in [-0.4, -0.2) is 95.0 Å². The largest absolute Gasteiger partial charge is 0.480 e. The van der Waals surface area contributed by atoms with E-state index in [4.69, 9.17) is 20.7 Å². The Bertz CT molecular complexity index is 671. The second kappa shape index (κ2) is 14.2. The number of oxime groups is 1. The van der Waals surface area contributed by atoms with Crippen molar-refractivity contribution in [2.24, 2.45) is 10.9 Å². The van der Waals surface area contributed by atoms with Gasteiger partial charge in [-0.1, -0.05) is 5.16 Å². The fourth-order valence-electron chi connectivity index (χ4n) is 1.90. The molecule has 0 aromatic rings. The highest BCUT2D eigenvalue weighted by Gasteiger charge is 2.28. The molecule has 0 fully saturated rings. The van der Waals surface area contributed by atoms with Crippen LogP contribution in [0, 0.1) is 0 Å². The van der Waals surface area contributed by atoms with Crippen LogP contribution in [-0.2, 0) is 28.8 Å². The Kier molecular flexibility index (Phi) is 12.8. The number of nitrogens with zero attached hydrogens (tertiary/aromatic N) is 2. The van der Waals surface area contributed by atoms with Gasteiger partial charge >= 0.3 is 18.0 Å². The SMILES string of the molecule is CCOC(=O)/C(CSCC(NC(=O)CCC(N)C(=O)O)C(=O)N(C)C(=O)O)=N\OC. The Morgan fingerprint density at radius 1 is 1.23 bits per heavy atom. The molecule has 0 aliphatic rings. The number of nitrogens with one attached hydrogen (secondary N) is 1. The predicted molar refractivity (Wildman–Crippen MR) is 106 cm³/mol. The first-order valence-corrected chi connectivity index (χ1v) is 9.83. The highest BCUT2D eigenvalue weighted by molar-refractivity contribution is 8.00. The molecule has 0 aromatic heterocycles. The number of likely N-dealkylation sites (N-methyl/N-ethyl adjacent to an activating group) is 1. The molecule has 0 aromatic carbocycles. The Morgan fingerprint density at radius 3 is 2.37 bits per heavy atom. The molecule has 0 heterocycles. The lowest BCUT2D eigenvalue weighted by atomic mass is 10.1. The molecule has 170 valence electrons. The average Bonchev–Trinajstić information content (AvgIpc) is 2.69. The van der Waals surface area contributed by atoms with Gasteiger partial charge in [0.15, 0.2) is 5.71 Å². The van der Waals surface area contributed by atoms with Gasteiger partial charge in [-0.05, 0) is 13.3 Å². The summed E-state index contributed by atoms with van der Waals surface area (Å²) in [6, 6.07) is -2.51. The van der Waals surface area contributed by atoms with Crippen molar-refractivity contribution in [3.63, 3.8) is 0 Å². The summed E-state index contributed by atoms with van der Waals surface area (Å²) in [7, 11) is 2.26. The van der Waals surface area contributed by atoms with Gasteiger partial charge in [-0.2, -0.15) is 11.8 Å². The monoisotopic (exact) mass is 450 g/mol. The minimum Gasteiger partial charge on any atom is -0.480 e. The molecule has 0 saturated carbocycles. The number of aliphatic carboxylic acids is 1. The van der Waals surface area contributed by atoms with Crippen molar-refractivity contribution in [2.45, 2.75) is 31.8 Å². The molecular weight excluding hydrogens is 424 g/mol. The van der Waals surface area contributed by atoms with Crippen molar-refractivity contribution in [3.05, 3.63) is 0 Å². The van der Waals surface area contributed by atoms with E-state index in [1.54, 1.807) is 6.92 Å². The fraction of sp³-hybridized carbons (Fsp3) is 0.625. The second-order valence-corrected chi connectivity index (χ2v) is 6.77. The summed E-state index contributed by atoms with van der Waals surface area (Å²) in [5.41, 5.74) is 5.26. The number of thioether (sulfide) groups is 1. The molecule has 13 nitrogen and oxygen atoms in total. The van der Waals surface area contributed by atoms with Crippen LogP contribution in [0.2, 0.25) is 0 Å². The van der Waals surface area contributed by atoms with Gasteiger partial charge in [-0.25, -0.2) is 14.5 Å². The first-order chi connectivity index (χ1) is 14.0. The molecule has 0 bridgehead atoms. The van der Waals surface area contributed by atoms with Gasteiger partial charge in [-0.3, -0.25) is 14.4 Å². The summed E-state index contributed by atoms with van der Waals surface area (Å²) in [4.78, 5) is 63.0. The van der Waals surface area contributed by atoms with E-state index in [2.05, 4.69) is 15.3 Å². The van der Waals surface area contributed by atoms with E-state index in [0.717, 1.165) is 18.8 Å². The summed E-state index contributed by atoms with van der Waals surface area (Å²) in [5, 5.41) is 23.6. The molecule has 0 saturated heterocycles. The lowest BCUT2D eigenvalue weighted by molar-refractivity contribution is -0.139. The van der Waals surface area contributed by atoms with Crippen molar-refractivity contribution in [2.75, 3.05) is 32.3 Å². The maximum absolute atomic E-state index is 12.4. The minimum atomic E-state index is -1.52. The quantitative estimate of drug-likeness (QED) is 0.154. The van der Waals surface area contributed by atoms with E-state index in [-0.39, 0.29) is 36.7 Å². The standard InChI is InChI=1S/C16H26N4O9S/c1-4-29-15(25)11(19-28-3)8-30-7-10(13(22)20(2)16(26)27)18-12(21)6-5-9(17)14(23)24/h9-10H,4-8,17H2,1-3H3,(H,18,21)(H,23,24)(H,26,27)/b19-11-. The molecule has 5 N–H and O–H groups in total. The van der Waals surface area contributed by atoms with Crippen molar-refractivity contribution in [1.82, 2.24) is 10.2 Å². The zero-order valence-electron chi connectivity index (χ0n) is 16.8. The number of hydrogen-bond donors (Lipinski definition) is 4. The molecule has 14 heteroatoms. The fourth-order valence-corrected chi connectivity index (χ4v) is 2.84. The Hall–Kier alpha value is -2.87. The highest BCUT2D eigenvalue weighted by Crippen LogP contribution is 2.09. The molecular formula is C16H26N4O9S. The van der Waals surface area contributed by atoms with Crippen LogP contribution in [0.5, 0.6) is 0 Å². The summed E-state index contributed by atoms with van der Waals surface area (Å²) < 4.78 is 4.82. The average molecular weight is 450 g/mol. The van der Waals surface area contributed by atoms with E-state index in [1.165, 1.54) is 7.11 Å². The van der Waals surface area contributed by atoms with Gasteiger partial charge < -0.3 is 30.8 Å². The number of amides is 3. The Morgan fingerprint density at radius 2 is 1.87 bits per heavy atom. The molecule has 0 spiro atoms. The second-order valence-electron chi connectivity index (χ2n) is 5.74. The van der Waals surface area contributed by atoms with Gasteiger partial charge in [0.25, 0.3) is 5.91 Å². The zero-order valence-corrected chi connectivity index (χ0v) is 17.6. The number of carboxylic acids is 1. The van der Waals surface area contributed by atoms with Gasteiger partial charge in [-0.15, -0.1) is 0 Å². The summed E-state index contributed by atoms with van der Waals surface area (Å²) in [6.45, 7) is 1.73. The first-order valence-electron chi connectivity index (χ1n) is 8.68. The van der Waals surface area contributed by atoms with Crippen LogP contribution in [0.3, 0.4) is 0 Å². The number of esters is 1. The third kappa shape index (κ3) is 10.1. The number of ether oxygens (including phenoxy) is 1. The first kappa shape index (κ1) is 27.1. The summed E-state index contributed by atoms with van der Waals surface area (Å²) in [5.74, 6) is -3.72. The summed E-state index contributed by atoms with van der Waals surface area (Å²) >= 11 is 1.01. The summed E-state index contributed by atoms with van der Waals surface area (Å²) in [6.07, 6.45) is -1.97. The zero-order chi connectivity index (χ0) is 23.3. The predicted octanol–water partition coefficient (Wildman–Crippen LogP) is -0.902. The number of imide groups is 1. The lowest BCUT2D eigenvalue weighted by Crippen LogP contribution is -2.50. The number of hydrogen-bond acceptors (Lipinski definition) is 10. The van der Waals surface area contributed by atoms with Crippen LogP contribution in [0.25, 0.3) is 0 Å². The van der Waals surface area contributed by atoms with E-state index in [9.17, 15) is 24.0 Å². The number of rotatable bonds is 13. The Balaban J connectivity index is 5.09. The third-order valence-electron chi connectivity index (χ3n) is 3.49. The molecule has 0 aliphatic carbocycles. The van der Waals surface area contributed by atoms with Crippen molar-refractivity contribution in [1.29, 1.82) is 0 Å². The van der Waals surface area contributed by atoms with Gasteiger partial charge in [0, 0.05) is 25.0 Å². The lowest BCUT2D eigenvalue weighted by Gasteiger charge is -2.21. The maximum Gasteiger partial charge on any atom is 0.413 e. The van der Waals surface area contributed by atoms with Crippen LogP contribution in [0.15, 0.2) is 5.16 Å². The molecule has 0 rings (SSSR count). The van der Waals surface area contributed by atoms with Crippen molar-refractivity contribution in [3.8, 4) is 0 Å². The molecule has 0 radical (unpaired) electrons. The highest BCUT2D eigenvalue weighted by atomic mass is 32.2. The van der Waals surface area contributed by atoms with Gasteiger partial charge in [0.1, 0.15) is 19.2 Å². The smallest absolute Gasteiger partial charge is 0.413 e. The third-order valence-corrected chi connectivity index (χ3v) is 4.53.